The molecule has 1 saturated heterocycles. The number of hydrogen-bond donors (Lipinski definition) is 2. The third kappa shape index (κ3) is 2.80. The second-order valence-electron chi connectivity index (χ2n) is 6.44. The molecule has 0 unspecified atom stereocenters. The third-order valence-electron chi connectivity index (χ3n) is 4.75. The predicted octanol–water partition coefficient (Wildman–Crippen LogP) is 1.22. The quantitative estimate of drug-likeness (QED) is 0.731. The minimum absolute atomic E-state index is 0.0671. The van der Waals surface area contributed by atoms with E-state index in [-0.39, 0.29) is 17.3 Å². The number of fused-ring (bicyclic) bond motifs is 1. The van der Waals surface area contributed by atoms with E-state index in [1.807, 2.05) is 0 Å². The Morgan fingerprint density at radius 1 is 1.27 bits per heavy atom. The molecule has 0 aliphatic carbocycles. The molecule has 9 nitrogen and oxygen atoms in total. The standard InChI is InChI=1S/C17H20N6O3/c1-10-12(3-4-14(24)19-10)20-16-18-9-13-15(21-16)23(17(25)22(13)2)11-5-7-26-8-6-11/h3-4,9,11H,5-8H2,1-2H3,(H,19,24)(H,18,20,21). The number of hydrogen-bond acceptors (Lipinski definition) is 6. The molecule has 0 amide bonds. The summed E-state index contributed by atoms with van der Waals surface area (Å²) in [6.45, 7) is 3.07. The Labute approximate surface area is 148 Å². The van der Waals surface area contributed by atoms with E-state index in [0.717, 1.165) is 12.8 Å². The molecule has 26 heavy (non-hydrogen) atoms. The van der Waals surface area contributed by atoms with Gasteiger partial charge in [-0.25, -0.2) is 9.78 Å². The Bertz CT molecular complexity index is 1070. The molecule has 2 N–H and O–H groups in total. The number of anilines is 2. The van der Waals surface area contributed by atoms with Crippen molar-refractivity contribution in [3.05, 3.63) is 44.9 Å². The highest BCUT2D eigenvalue weighted by atomic mass is 16.5. The molecule has 1 fully saturated rings. The Balaban J connectivity index is 1.78. The highest BCUT2D eigenvalue weighted by Gasteiger charge is 2.23. The van der Waals surface area contributed by atoms with Gasteiger partial charge in [-0.3, -0.25) is 13.9 Å². The number of imidazole rings is 1. The minimum Gasteiger partial charge on any atom is -0.381 e. The molecule has 4 rings (SSSR count). The number of aromatic nitrogens is 5. The van der Waals surface area contributed by atoms with Crippen molar-refractivity contribution in [3.8, 4) is 0 Å². The lowest BCUT2D eigenvalue weighted by molar-refractivity contribution is 0.0695. The molecule has 0 atom stereocenters. The molecule has 3 aromatic rings. The molecular weight excluding hydrogens is 336 g/mol. The fraction of sp³-hybridized carbons (Fsp3) is 0.412. The van der Waals surface area contributed by atoms with E-state index >= 15 is 0 Å². The van der Waals surface area contributed by atoms with Gasteiger partial charge in [-0.15, -0.1) is 0 Å². The van der Waals surface area contributed by atoms with Crippen LogP contribution in [-0.2, 0) is 11.8 Å². The molecular formula is C17H20N6O3. The smallest absolute Gasteiger partial charge is 0.330 e. The van der Waals surface area contributed by atoms with Gasteiger partial charge < -0.3 is 15.0 Å². The first kappa shape index (κ1) is 16.5. The molecule has 0 aromatic carbocycles. The summed E-state index contributed by atoms with van der Waals surface area (Å²) < 4.78 is 8.72. The lowest BCUT2D eigenvalue weighted by atomic mass is 10.1. The molecule has 0 saturated carbocycles. The van der Waals surface area contributed by atoms with Crippen LogP contribution < -0.4 is 16.6 Å². The van der Waals surface area contributed by atoms with Crippen LogP contribution in [0.4, 0.5) is 11.6 Å². The highest BCUT2D eigenvalue weighted by Crippen LogP contribution is 2.24. The summed E-state index contributed by atoms with van der Waals surface area (Å²) >= 11 is 0. The lowest BCUT2D eigenvalue weighted by Crippen LogP contribution is -2.30. The zero-order valence-electron chi connectivity index (χ0n) is 14.7. The Hall–Kier alpha value is -2.94. The van der Waals surface area contributed by atoms with Crippen LogP contribution in [0.15, 0.2) is 27.9 Å². The van der Waals surface area contributed by atoms with Crippen molar-refractivity contribution >= 4 is 22.8 Å². The van der Waals surface area contributed by atoms with Gasteiger partial charge in [0.25, 0.3) is 0 Å². The Morgan fingerprint density at radius 2 is 2.04 bits per heavy atom. The monoisotopic (exact) mass is 356 g/mol. The van der Waals surface area contributed by atoms with Crippen LogP contribution in [0.2, 0.25) is 0 Å². The number of nitrogens with one attached hydrogen (secondary N) is 2. The van der Waals surface area contributed by atoms with Crippen molar-refractivity contribution in [2.45, 2.75) is 25.8 Å². The summed E-state index contributed by atoms with van der Waals surface area (Å²) in [6.07, 6.45) is 3.21. The van der Waals surface area contributed by atoms with Crippen molar-refractivity contribution in [3.63, 3.8) is 0 Å². The van der Waals surface area contributed by atoms with Crippen molar-refractivity contribution < 1.29 is 4.74 Å². The van der Waals surface area contributed by atoms with E-state index in [1.54, 1.807) is 35.4 Å². The molecule has 9 heteroatoms. The van der Waals surface area contributed by atoms with Gasteiger partial charge in [0.15, 0.2) is 5.65 Å². The van der Waals surface area contributed by atoms with Gasteiger partial charge in [-0.05, 0) is 25.8 Å². The molecule has 4 heterocycles. The van der Waals surface area contributed by atoms with Crippen LogP contribution in [0.5, 0.6) is 0 Å². The van der Waals surface area contributed by atoms with Crippen LogP contribution in [0.25, 0.3) is 11.2 Å². The van der Waals surface area contributed by atoms with Gasteiger partial charge in [0, 0.05) is 38.1 Å². The molecule has 1 aliphatic rings. The van der Waals surface area contributed by atoms with Gasteiger partial charge in [0.05, 0.1) is 11.9 Å². The van der Waals surface area contributed by atoms with Gasteiger partial charge in [0.1, 0.15) is 5.52 Å². The summed E-state index contributed by atoms with van der Waals surface area (Å²) in [7, 11) is 1.73. The third-order valence-corrected chi connectivity index (χ3v) is 4.75. The second kappa shape index (κ2) is 6.41. The molecule has 0 radical (unpaired) electrons. The zero-order chi connectivity index (χ0) is 18.3. The van der Waals surface area contributed by atoms with E-state index in [4.69, 9.17) is 4.74 Å². The maximum absolute atomic E-state index is 12.7. The summed E-state index contributed by atoms with van der Waals surface area (Å²) in [5, 5.41) is 3.11. The Morgan fingerprint density at radius 3 is 2.77 bits per heavy atom. The molecule has 0 spiro atoms. The van der Waals surface area contributed by atoms with Crippen LogP contribution in [0.3, 0.4) is 0 Å². The van der Waals surface area contributed by atoms with Crippen molar-refractivity contribution in [1.82, 2.24) is 24.1 Å². The number of rotatable bonds is 3. The highest BCUT2D eigenvalue weighted by molar-refractivity contribution is 5.73. The number of aryl methyl sites for hydroxylation is 2. The predicted molar refractivity (Wildman–Crippen MR) is 96.9 cm³/mol. The van der Waals surface area contributed by atoms with Gasteiger partial charge in [0.2, 0.25) is 11.5 Å². The van der Waals surface area contributed by atoms with Gasteiger partial charge >= 0.3 is 5.69 Å². The first-order chi connectivity index (χ1) is 12.5. The molecule has 0 bridgehead atoms. The molecule has 1 aliphatic heterocycles. The van der Waals surface area contributed by atoms with Crippen molar-refractivity contribution in [2.75, 3.05) is 18.5 Å². The van der Waals surface area contributed by atoms with Gasteiger partial charge in [-0.2, -0.15) is 4.98 Å². The van der Waals surface area contributed by atoms with E-state index in [9.17, 15) is 9.59 Å². The Kier molecular flexibility index (Phi) is 4.08. The number of nitrogens with zero attached hydrogens (tertiary/aromatic N) is 4. The number of pyridine rings is 1. The molecule has 3 aromatic heterocycles. The maximum atomic E-state index is 12.7. The normalized spacial score (nSPS) is 15.5. The number of H-pyrrole nitrogens is 1. The second-order valence-corrected chi connectivity index (χ2v) is 6.44. The first-order valence-electron chi connectivity index (χ1n) is 8.53. The SMILES string of the molecule is Cc1[nH]c(=O)ccc1Nc1ncc2c(n1)n(C1CCOCC1)c(=O)n2C. The topological polar surface area (TPSA) is 107 Å². The summed E-state index contributed by atoms with van der Waals surface area (Å²) in [5.41, 5.74) is 2.42. The lowest BCUT2D eigenvalue weighted by Gasteiger charge is -2.22. The average molecular weight is 356 g/mol. The number of aromatic amines is 1. The van der Waals surface area contributed by atoms with Crippen LogP contribution in [0.1, 0.15) is 24.6 Å². The van der Waals surface area contributed by atoms with Crippen molar-refractivity contribution in [1.29, 1.82) is 0 Å². The minimum atomic E-state index is -0.166. The van der Waals surface area contributed by atoms with E-state index < -0.39 is 0 Å². The average Bonchev–Trinajstić information content (AvgIpc) is 2.89. The fourth-order valence-electron chi connectivity index (χ4n) is 3.30. The number of ether oxygens (including phenoxy) is 1. The summed E-state index contributed by atoms with van der Waals surface area (Å²) in [5.74, 6) is 0.374. The fourth-order valence-corrected chi connectivity index (χ4v) is 3.30. The summed E-state index contributed by atoms with van der Waals surface area (Å²) in [4.78, 5) is 35.7. The van der Waals surface area contributed by atoms with E-state index in [2.05, 4.69) is 20.3 Å². The molecule has 136 valence electrons. The largest absolute Gasteiger partial charge is 0.381 e. The zero-order valence-corrected chi connectivity index (χ0v) is 14.7. The maximum Gasteiger partial charge on any atom is 0.330 e. The van der Waals surface area contributed by atoms with Gasteiger partial charge in [-0.1, -0.05) is 0 Å². The van der Waals surface area contributed by atoms with Crippen LogP contribution >= 0.6 is 0 Å². The van der Waals surface area contributed by atoms with Crippen molar-refractivity contribution in [2.24, 2.45) is 7.05 Å². The van der Waals surface area contributed by atoms with Crippen LogP contribution in [-0.4, -0.2) is 37.3 Å². The summed E-state index contributed by atoms with van der Waals surface area (Å²) in [6, 6.07) is 3.18. The van der Waals surface area contributed by atoms with E-state index in [0.29, 0.717) is 41.7 Å². The first-order valence-corrected chi connectivity index (χ1v) is 8.53. The van der Waals surface area contributed by atoms with Crippen LogP contribution in [0, 0.1) is 6.92 Å². The van der Waals surface area contributed by atoms with E-state index in [1.165, 1.54) is 6.07 Å².